The number of carbonyl (C=O) groups is 2. The van der Waals surface area contributed by atoms with Crippen LogP contribution in [0, 0.1) is 0 Å². The number of sulfone groups is 1. The molecule has 156 valence electrons. The molecular weight excluding hydrogens is 426 g/mol. The van der Waals surface area contributed by atoms with E-state index >= 15 is 0 Å². The van der Waals surface area contributed by atoms with Crippen molar-refractivity contribution in [1.29, 1.82) is 0 Å². The molecule has 1 fully saturated rings. The van der Waals surface area contributed by atoms with Crippen molar-refractivity contribution in [2.45, 2.75) is 12.5 Å². The first kappa shape index (κ1) is 20.3. The van der Waals surface area contributed by atoms with E-state index in [1.807, 2.05) is 47.8 Å². The molecule has 1 amide bonds. The largest absolute Gasteiger partial charge is 0.452 e. The van der Waals surface area contributed by atoms with E-state index < -0.39 is 34.4 Å². The highest BCUT2D eigenvalue weighted by Gasteiger charge is 2.29. The molecule has 0 bridgehead atoms. The van der Waals surface area contributed by atoms with E-state index in [9.17, 15) is 18.0 Å². The third kappa shape index (κ3) is 4.60. The second-order valence-electron chi connectivity index (χ2n) is 6.89. The van der Waals surface area contributed by atoms with Gasteiger partial charge in [0.1, 0.15) is 11.3 Å². The molecule has 0 radical (unpaired) electrons. The summed E-state index contributed by atoms with van der Waals surface area (Å²) in [4.78, 5) is 25.6. The van der Waals surface area contributed by atoms with Gasteiger partial charge in [-0.2, -0.15) is 5.10 Å². The summed E-state index contributed by atoms with van der Waals surface area (Å²) in [6.07, 6.45) is 1.95. The van der Waals surface area contributed by atoms with Crippen LogP contribution in [-0.2, 0) is 19.4 Å². The second-order valence-corrected chi connectivity index (χ2v) is 10.1. The number of ether oxygens (including phenoxy) is 1. The zero-order chi connectivity index (χ0) is 21.1. The predicted octanol–water partition coefficient (Wildman–Crippen LogP) is 2.06. The van der Waals surface area contributed by atoms with Crippen LogP contribution in [0.15, 0.2) is 54.0 Å². The van der Waals surface area contributed by atoms with Crippen LogP contribution in [0.4, 0.5) is 0 Å². The molecule has 1 aliphatic rings. The third-order valence-corrected chi connectivity index (χ3v) is 7.29. The number of aromatic nitrogens is 2. The van der Waals surface area contributed by atoms with E-state index in [1.165, 1.54) is 11.3 Å². The van der Waals surface area contributed by atoms with Gasteiger partial charge in [-0.15, -0.1) is 11.3 Å². The van der Waals surface area contributed by atoms with Gasteiger partial charge in [-0.25, -0.2) is 17.9 Å². The van der Waals surface area contributed by atoms with E-state index in [4.69, 9.17) is 4.74 Å². The fourth-order valence-electron chi connectivity index (χ4n) is 3.22. The Kier molecular flexibility index (Phi) is 5.69. The number of esters is 1. The van der Waals surface area contributed by atoms with Crippen LogP contribution in [0.5, 0.6) is 0 Å². The topological polar surface area (TPSA) is 107 Å². The molecular formula is C20H19N3O5S2. The van der Waals surface area contributed by atoms with Crippen LogP contribution >= 0.6 is 11.3 Å². The Morgan fingerprint density at radius 1 is 1.20 bits per heavy atom. The van der Waals surface area contributed by atoms with Crippen LogP contribution in [0.1, 0.15) is 16.8 Å². The average molecular weight is 446 g/mol. The highest BCUT2D eigenvalue weighted by atomic mass is 32.2. The number of amides is 1. The lowest BCUT2D eigenvalue weighted by Gasteiger charge is -2.10. The quantitative estimate of drug-likeness (QED) is 0.582. The number of carbonyl (C=O) groups excluding carboxylic acids is 2. The normalized spacial score (nSPS) is 17.5. The molecule has 0 aliphatic carbocycles. The van der Waals surface area contributed by atoms with Gasteiger partial charge in [0.25, 0.3) is 5.91 Å². The third-order valence-electron chi connectivity index (χ3n) is 4.64. The smallest absolute Gasteiger partial charge is 0.342 e. The SMILES string of the molecule is O=C(COC(=O)c1cn(-c2ccccc2)nc1-c1cccs1)NC1CCS(=O)(=O)C1. The molecule has 8 nitrogen and oxygen atoms in total. The number of hydrogen-bond acceptors (Lipinski definition) is 7. The van der Waals surface area contributed by atoms with Crippen molar-refractivity contribution < 1.29 is 22.7 Å². The molecule has 30 heavy (non-hydrogen) atoms. The molecule has 1 atom stereocenters. The summed E-state index contributed by atoms with van der Waals surface area (Å²) in [5.41, 5.74) is 1.51. The van der Waals surface area contributed by atoms with Crippen molar-refractivity contribution in [3.05, 3.63) is 59.6 Å². The van der Waals surface area contributed by atoms with E-state index in [0.29, 0.717) is 12.1 Å². The fraction of sp³-hybridized carbons (Fsp3) is 0.250. The molecule has 1 N–H and O–H groups in total. The number of nitrogens with one attached hydrogen (secondary N) is 1. The van der Waals surface area contributed by atoms with E-state index in [-0.39, 0.29) is 17.1 Å². The fourth-order valence-corrected chi connectivity index (χ4v) is 5.62. The Hall–Kier alpha value is -2.98. The molecule has 10 heteroatoms. The van der Waals surface area contributed by atoms with Gasteiger partial charge < -0.3 is 10.1 Å². The predicted molar refractivity (Wildman–Crippen MR) is 112 cm³/mol. The molecule has 1 aliphatic heterocycles. The van der Waals surface area contributed by atoms with Crippen molar-refractivity contribution in [2.24, 2.45) is 0 Å². The molecule has 0 saturated carbocycles. The Morgan fingerprint density at radius 3 is 2.67 bits per heavy atom. The first-order valence-corrected chi connectivity index (χ1v) is 12.0. The molecule has 3 heterocycles. The van der Waals surface area contributed by atoms with E-state index in [1.54, 1.807) is 10.9 Å². The Bertz CT molecular complexity index is 1150. The number of nitrogens with zero attached hydrogens (tertiary/aromatic N) is 2. The first-order valence-electron chi connectivity index (χ1n) is 9.27. The van der Waals surface area contributed by atoms with Gasteiger partial charge in [-0.05, 0) is 30.0 Å². The minimum absolute atomic E-state index is 0.0561. The maximum atomic E-state index is 12.7. The van der Waals surface area contributed by atoms with Gasteiger partial charge in [-0.1, -0.05) is 24.3 Å². The summed E-state index contributed by atoms with van der Waals surface area (Å²) in [6.45, 7) is -0.490. The van der Waals surface area contributed by atoms with E-state index in [0.717, 1.165) is 10.6 Å². The second kappa shape index (κ2) is 8.41. The van der Waals surface area contributed by atoms with Crippen LogP contribution in [-0.4, -0.2) is 54.2 Å². The molecule has 1 aromatic carbocycles. The molecule has 0 spiro atoms. The number of thiophene rings is 1. The van der Waals surface area contributed by atoms with Gasteiger partial charge in [0.15, 0.2) is 16.4 Å². The van der Waals surface area contributed by atoms with Gasteiger partial charge in [-0.3, -0.25) is 4.79 Å². The van der Waals surface area contributed by atoms with Crippen LogP contribution in [0.25, 0.3) is 16.3 Å². The zero-order valence-electron chi connectivity index (χ0n) is 15.9. The minimum atomic E-state index is -3.10. The summed E-state index contributed by atoms with van der Waals surface area (Å²) < 4.78 is 29.8. The van der Waals surface area contributed by atoms with Crippen molar-refractivity contribution in [1.82, 2.24) is 15.1 Å². The summed E-state index contributed by atoms with van der Waals surface area (Å²) in [7, 11) is -3.10. The van der Waals surface area contributed by atoms with Gasteiger partial charge in [0.2, 0.25) is 0 Å². The molecule has 3 aromatic rings. The lowest BCUT2D eigenvalue weighted by atomic mass is 10.2. The average Bonchev–Trinajstić information content (AvgIpc) is 3.46. The monoisotopic (exact) mass is 445 g/mol. The van der Waals surface area contributed by atoms with Crippen LogP contribution < -0.4 is 5.32 Å². The molecule has 4 rings (SSSR count). The highest BCUT2D eigenvalue weighted by Crippen LogP contribution is 2.28. The lowest BCUT2D eigenvalue weighted by molar-refractivity contribution is -0.124. The summed E-state index contributed by atoms with van der Waals surface area (Å²) in [5.74, 6) is -1.23. The van der Waals surface area contributed by atoms with Gasteiger partial charge >= 0.3 is 5.97 Å². The van der Waals surface area contributed by atoms with Crippen molar-refractivity contribution in [2.75, 3.05) is 18.1 Å². The van der Waals surface area contributed by atoms with Crippen LogP contribution in [0.3, 0.4) is 0 Å². The summed E-state index contributed by atoms with van der Waals surface area (Å²) in [5, 5.41) is 9.01. The summed E-state index contributed by atoms with van der Waals surface area (Å²) >= 11 is 1.44. The van der Waals surface area contributed by atoms with Crippen LogP contribution in [0.2, 0.25) is 0 Å². The molecule has 2 aromatic heterocycles. The number of benzene rings is 1. The summed E-state index contributed by atoms with van der Waals surface area (Å²) in [6, 6.07) is 12.6. The minimum Gasteiger partial charge on any atom is -0.452 e. The van der Waals surface area contributed by atoms with E-state index in [2.05, 4.69) is 10.4 Å². The van der Waals surface area contributed by atoms with Crippen molar-refractivity contribution >= 4 is 33.1 Å². The lowest BCUT2D eigenvalue weighted by Crippen LogP contribution is -2.38. The Morgan fingerprint density at radius 2 is 2.00 bits per heavy atom. The number of rotatable bonds is 6. The maximum absolute atomic E-state index is 12.7. The zero-order valence-corrected chi connectivity index (χ0v) is 17.5. The maximum Gasteiger partial charge on any atom is 0.342 e. The van der Waals surface area contributed by atoms with Gasteiger partial charge in [0, 0.05) is 12.2 Å². The molecule has 1 saturated heterocycles. The highest BCUT2D eigenvalue weighted by molar-refractivity contribution is 7.91. The number of hydrogen-bond donors (Lipinski definition) is 1. The Labute approximate surface area is 177 Å². The standard InChI is InChI=1S/C20H19N3O5S2/c24-18(21-14-8-10-30(26,27)13-14)12-28-20(25)16-11-23(15-5-2-1-3-6-15)22-19(16)17-7-4-9-29-17/h1-7,9,11,14H,8,10,12-13H2,(H,21,24). The molecule has 1 unspecified atom stereocenters. The Balaban J connectivity index is 1.48. The van der Waals surface area contributed by atoms with Crippen molar-refractivity contribution in [3.63, 3.8) is 0 Å². The first-order chi connectivity index (χ1) is 14.4. The number of para-hydroxylation sites is 1. The van der Waals surface area contributed by atoms with Gasteiger partial charge in [0.05, 0.1) is 22.1 Å². The van der Waals surface area contributed by atoms with Crippen molar-refractivity contribution in [3.8, 4) is 16.3 Å².